The molecule has 48 valence electrons. The molecule has 0 rings (SSSR count). The number of carbonyl (C=O) groups is 2. The predicted octanol–water partition coefficient (Wildman–Crippen LogP) is -0.623. The van der Waals surface area contributed by atoms with Gasteiger partial charge in [0.1, 0.15) is 12.2 Å². The number of hydrogen-bond donors (Lipinski definition) is 0. The Morgan fingerprint density at radius 3 is 1.80 bits per heavy atom. The van der Waals surface area contributed by atoms with Gasteiger partial charge in [-0.3, -0.25) is 9.59 Å². The molecule has 10 heavy (non-hydrogen) atoms. The quantitative estimate of drug-likeness (QED) is 0.308. The second-order valence-corrected chi connectivity index (χ2v) is 1.45. The van der Waals surface area contributed by atoms with Crippen molar-refractivity contribution in [3.8, 4) is 0 Å². The van der Waals surface area contributed by atoms with Crippen molar-refractivity contribution in [3.63, 3.8) is 0 Å². The standard InChI is InChI=1S/C5H8O3.2Na/c1-4(6)3-5(7)8-2;;/h3H2,1-2H3;;. The van der Waals surface area contributed by atoms with Crippen LogP contribution in [-0.4, -0.2) is 78.0 Å². The molecule has 0 unspecified atom stereocenters. The van der Waals surface area contributed by atoms with Crippen LogP contribution in [0.5, 0.6) is 0 Å². The summed E-state index contributed by atoms with van der Waals surface area (Å²) in [6.45, 7) is 1.34. The number of ether oxygens (including phenoxy) is 1. The van der Waals surface area contributed by atoms with E-state index in [1.165, 1.54) is 14.0 Å². The van der Waals surface area contributed by atoms with Crippen LogP contribution in [-0.2, 0) is 14.3 Å². The van der Waals surface area contributed by atoms with Crippen LogP contribution in [0.2, 0.25) is 0 Å². The Morgan fingerprint density at radius 2 is 1.70 bits per heavy atom. The molecule has 0 N–H and O–H groups in total. The Hall–Kier alpha value is 1.14. The van der Waals surface area contributed by atoms with Gasteiger partial charge in [0, 0.05) is 59.1 Å². The molecule has 0 amide bonds. The van der Waals surface area contributed by atoms with E-state index in [4.69, 9.17) is 0 Å². The zero-order chi connectivity index (χ0) is 6.57. The Balaban J connectivity index is -0.000000245. The Morgan fingerprint density at radius 1 is 1.30 bits per heavy atom. The van der Waals surface area contributed by atoms with E-state index in [2.05, 4.69) is 4.74 Å². The molecule has 0 fully saturated rings. The van der Waals surface area contributed by atoms with E-state index < -0.39 is 5.97 Å². The fourth-order valence-electron chi connectivity index (χ4n) is 0.275. The smallest absolute Gasteiger partial charge is 0.313 e. The van der Waals surface area contributed by atoms with Crippen LogP contribution in [0.15, 0.2) is 0 Å². The molecule has 0 aliphatic carbocycles. The van der Waals surface area contributed by atoms with Gasteiger partial charge < -0.3 is 4.74 Å². The Bertz CT molecular complexity index is 113. The average molecular weight is 162 g/mol. The fraction of sp³-hybridized carbons (Fsp3) is 0.600. The number of ketones is 1. The molecule has 0 atom stereocenters. The maximum absolute atomic E-state index is 10.2. The number of Topliss-reactive ketones (excluding diaryl/α,β-unsaturated/α-hetero) is 1. The molecule has 0 saturated heterocycles. The largest absolute Gasteiger partial charge is 0.469 e. The van der Waals surface area contributed by atoms with Gasteiger partial charge in [0.15, 0.2) is 0 Å². The van der Waals surface area contributed by atoms with Crippen LogP contribution in [0.4, 0.5) is 0 Å². The van der Waals surface area contributed by atoms with Crippen molar-refractivity contribution in [1.29, 1.82) is 0 Å². The van der Waals surface area contributed by atoms with Gasteiger partial charge >= 0.3 is 5.97 Å². The molecule has 0 aliphatic rings. The zero-order valence-corrected chi connectivity index (χ0v) is 10.9. The molecular weight excluding hydrogens is 154 g/mol. The van der Waals surface area contributed by atoms with E-state index in [0.717, 1.165) is 0 Å². The van der Waals surface area contributed by atoms with E-state index in [1.807, 2.05) is 0 Å². The maximum atomic E-state index is 10.2. The molecule has 5 heteroatoms. The van der Waals surface area contributed by atoms with Crippen molar-refractivity contribution in [2.45, 2.75) is 13.3 Å². The van der Waals surface area contributed by atoms with Gasteiger partial charge in [-0.25, -0.2) is 0 Å². The summed E-state index contributed by atoms with van der Waals surface area (Å²) in [4.78, 5) is 20.3. The van der Waals surface area contributed by atoms with Crippen LogP contribution < -0.4 is 0 Å². The Labute approximate surface area is 104 Å². The van der Waals surface area contributed by atoms with Gasteiger partial charge in [-0.1, -0.05) is 0 Å². The second kappa shape index (κ2) is 10.1. The number of rotatable bonds is 2. The van der Waals surface area contributed by atoms with Crippen molar-refractivity contribution < 1.29 is 14.3 Å². The van der Waals surface area contributed by atoms with Crippen LogP contribution in [0.3, 0.4) is 0 Å². The minimum atomic E-state index is -0.475. The first-order valence-electron chi connectivity index (χ1n) is 2.23. The molecule has 0 aromatic carbocycles. The molecule has 2 radical (unpaired) electrons. The van der Waals surface area contributed by atoms with Gasteiger partial charge in [-0.15, -0.1) is 0 Å². The maximum Gasteiger partial charge on any atom is 0.313 e. The van der Waals surface area contributed by atoms with Crippen LogP contribution in [0.25, 0.3) is 0 Å². The van der Waals surface area contributed by atoms with E-state index in [-0.39, 0.29) is 71.3 Å². The molecule has 3 nitrogen and oxygen atoms in total. The number of esters is 1. The number of methoxy groups -OCH3 is 1. The summed E-state index contributed by atoms with van der Waals surface area (Å²) in [5.41, 5.74) is 0. The monoisotopic (exact) mass is 162 g/mol. The summed E-state index contributed by atoms with van der Waals surface area (Å²) in [5, 5.41) is 0. The molecule has 0 aromatic heterocycles. The third-order valence-electron chi connectivity index (χ3n) is 0.621. The predicted molar refractivity (Wildman–Crippen MR) is 38.8 cm³/mol. The summed E-state index contributed by atoms with van der Waals surface area (Å²) in [5.74, 6) is -0.644. The third-order valence-corrected chi connectivity index (χ3v) is 0.621. The van der Waals surface area contributed by atoms with E-state index in [0.29, 0.717) is 0 Å². The molecule has 0 aliphatic heterocycles. The molecule has 0 aromatic rings. The van der Waals surface area contributed by atoms with Crippen molar-refractivity contribution in [2.75, 3.05) is 7.11 Å². The topological polar surface area (TPSA) is 43.4 Å². The van der Waals surface area contributed by atoms with Gasteiger partial charge in [-0.05, 0) is 6.92 Å². The average Bonchev–Trinajstić information content (AvgIpc) is 1.65. The molecule has 0 spiro atoms. The van der Waals surface area contributed by atoms with E-state index in [1.54, 1.807) is 0 Å². The molecule has 0 heterocycles. The molecular formula is C5H8Na2O3. The van der Waals surface area contributed by atoms with Crippen LogP contribution in [0, 0.1) is 0 Å². The van der Waals surface area contributed by atoms with Crippen LogP contribution in [0.1, 0.15) is 13.3 Å². The van der Waals surface area contributed by atoms with E-state index in [9.17, 15) is 9.59 Å². The normalized spacial score (nSPS) is 6.60. The first-order valence-corrected chi connectivity index (χ1v) is 2.23. The summed E-state index contributed by atoms with van der Waals surface area (Å²) >= 11 is 0. The van der Waals surface area contributed by atoms with Crippen molar-refractivity contribution in [2.24, 2.45) is 0 Å². The van der Waals surface area contributed by atoms with Crippen molar-refractivity contribution in [3.05, 3.63) is 0 Å². The number of hydrogen-bond acceptors (Lipinski definition) is 3. The molecule has 0 bridgehead atoms. The minimum absolute atomic E-state index is 0. The van der Waals surface area contributed by atoms with Crippen molar-refractivity contribution in [1.82, 2.24) is 0 Å². The van der Waals surface area contributed by atoms with Gasteiger partial charge in [0.25, 0.3) is 0 Å². The van der Waals surface area contributed by atoms with Gasteiger partial charge in [0.2, 0.25) is 0 Å². The van der Waals surface area contributed by atoms with Gasteiger partial charge in [-0.2, -0.15) is 0 Å². The Kier molecular flexibility index (Phi) is 17.5. The molecule has 0 saturated carbocycles. The first-order chi connectivity index (χ1) is 3.66. The summed E-state index contributed by atoms with van der Waals surface area (Å²) in [6, 6.07) is 0. The summed E-state index contributed by atoms with van der Waals surface area (Å²) in [7, 11) is 1.26. The SMILES string of the molecule is COC(=O)CC(C)=O.[Na].[Na]. The second-order valence-electron chi connectivity index (χ2n) is 1.45. The van der Waals surface area contributed by atoms with Gasteiger partial charge in [0.05, 0.1) is 7.11 Å². The van der Waals surface area contributed by atoms with Crippen LogP contribution >= 0.6 is 0 Å². The zero-order valence-electron chi connectivity index (χ0n) is 6.93. The summed E-state index contributed by atoms with van der Waals surface area (Å²) in [6.07, 6.45) is -0.115. The number of carbonyl (C=O) groups excluding carboxylic acids is 2. The first kappa shape index (κ1) is 17.3. The summed E-state index contributed by atoms with van der Waals surface area (Å²) < 4.78 is 4.20. The fourth-order valence-corrected chi connectivity index (χ4v) is 0.275. The minimum Gasteiger partial charge on any atom is -0.469 e. The van der Waals surface area contributed by atoms with Crippen molar-refractivity contribution >= 4 is 70.9 Å². The third kappa shape index (κ3) is 11.9. The van der Waals surface area contributed by atoms with E-state index >= 15 is 0 Å².